The number of thioether (sulfide) groups is 1. The number of aromatic nitrogens is 4. The average Bonchev–Trinajstić information content (AvgIpc) is 3.33. The van der Waals surface area contributed by atoms with Crippen molar-refractivity contribution < 1.29 is 4.79 Å². The molecule has 0 aliphatic carbocycles. The van der Waals surface area contributed by atoms with Crippen molar-refractivity contribution in [2.24, 2.45) is 0 Å². The molecule has 0 atom stereocenters. The SMILES string of the molecule is CN(Cc1nc2ccccc2s1)C(=O)CSc1n[nH]c(-c2ccccc2)n1. The molecule has 0 aliphatic rings. The fraction of sp³-hybridized carbons (Fsp3) is 0.158. The highest BCUT2D eigenvalue weighted by atomic mass is 32.2. The minimum atomic E-state index is 0.0188. The molecule has 4 rings (SSSR count). The van der Waals surface area contributed by atoms with Crippen LogP contribution < -0.4 is 0 Å². The zero-order chi connectivity index (χ0) is 18.6. The van der Waals surface area contributed by atoms with Crippen molar-refractivity contribution in [3.05, 3.63) is 59.6 Å². The smallest absolute Gasteiger partial charge is 0.233 e. The number of carbonyl (C=O) groups is 1. The normalized spacial score (nSPS) is 11.0. The number of nitrogens with one attached hydrogen (secondary N) is 1. The first-order valence-corrected chi connectivity index (χ1v) is 10.2. The van der Waals surface area contributed by atoms with Gasteiger partial charge in [0.2, 0.25) is 11.1 Å². The molecule has 27 heavy (non-hydrogen) atoms. The maximum atomic E-state index is 12.4. The van der Waals surface area contributed by atoms with Crippen LogP contribution in [0.3, 0.4) is 0 Å². The number of benzene rings is 2. The lowest BCUT2D eigenvalue weighted by Crippen LogP contribution is -2.27. The fourth-order valence-corrected chi connectivity index (χ4v) is 4.31. The maximum absolute atomic E-state index is 12.4. The van der Waals surface area contributed by atoms with Crippen LogP contribution in [0, 0.1) is 0 Å². The monoisotopic (exact) mass is 395 g/mol. The number of carbonyl (C=O) groups excluding carboxylic acids is 1. The Kier molecular flexibility index (Phi) is 5.17. The standard InChI is InChI=1S/C19H17N5OS2/c1-24(11-16-20-14-9-5-6-10-15(14)27-16)17(25)12-26-19-21-18(22-23-19)13-7-3-2-4-8-13/h2-10H,11-12H2,1H3,(H,21,22,23). The van der Waals surface area contributed by atoms with Gasteiger partial charge in [-0.05, 0) is 12.1 Å². The van der Waals surface area contributed by atoms with Crippen LogP contribution in [0.4, 0.5) is 0 Å². The fourth-order valence-electron chi connectivity index (χ4n) is 2.55. The van der Waals surface area contributed by atoms with E-state index in [1.54, 1.807) is 23.3 Å². The second-order valence-corrected chi connectivity index (χ2v) is 8.00. The lowest BCUT2D eigenvalue weighted by Gasteiger charge is -2.14. The molecule has 0 radical (unpaired) electrons. The highest BCUT2D eigenvalue weighted by Crippen LogP contribution is 2.23. The molecule has 0 saturated heterocycles. The van der Waals surface area contributed by atoms with Crippen LogP contribution in [0.25, 0.3) is 21.6 Å². The number of nitrogens with zero attached hydrogens (tertiary/aromatic N) is 4. The van der Waals surface area contributed by atoms with Crippen LogP contribution >= 0.6 is 23.1 Å². The van der Waals surface area contributed by atoms with Crippen LogP contribution in [-0.2, 0) is 11.3 Å². The Morgan fingerprint density at radius 1 is 1.11 bits per heavy atom. The Hall–Kier alpha value is -2.71. The van der Waals surface area contributed by atoms with Gasteiger partial charge in [-0.25, -0.2) is 9.97 Å². The van der Waals surface area contributed by atoms with Gasteiger partial charge in [-0.2, -0.15) is 0 Å². The third-order valence-corrected chi connectivity index (χ3v) is 5.83. The summed E-state index contributed by atoms with van der Waals surface area (Å²) in [5.74, 6) is 1.01. The summed E-state index contributed by atoms with van der Waals surface area (Å²) >= 11 is 2.94. The van der Waals surface area contributed by atoms with Gasteiger partial charge in [0.15, 0.2) is 5.82 Å². The van der Waals surface area contributed by atoms with E-state index < -0.39 is 0 Å². The third-order valence-electron chi connectivity index (χ3n) is 3.97. The lowest BCUT2D eigenvalue weighted by molar-refractivity contribution is -0.127. The van der Waals surface area contributed by atoms with Gasteiger partial charge in [-0.3, -0.25) is 9.89 Å². The Morgan fingerprint density at radius 3 is 2.70 bits per heavy atom. The Balaban J connectivity index is 1.34. The first-order valence-electron chi connectivity index (χ1n) is 8.38. The maximum Gasteiger partial charge on any atom is 0.233 e. The number of hydrogen-bond acceptors (Lipinski definition) is 6. The molecule has 1 amide bonds. The van der Waals surface area contributed by atoms with Gasteiger partial charge in [-0.1, -0.05) is 54.2 Å². The molecule has 0 fully saturated rings. The molecule has 2 aromatic heterocycles. The molecule has 0 unspecified atom stereocenters. The van der Waals surface area contributed by atoms with E-state index in [2.05, 4.69) is 20.2 Å². The van der Waals surface area contributed by atoms with E-state index >= 15 is 0 Å². The van der Waals surface area contributed by atoms with Crippen LogP contribution in [0.1, 0.15) is 5.01 Å². The number of thiazole rings is 1. The minimum Gasteiger partial charge on any atom is -0.338 e. The van der Waals surface area contributed by atoms with Gasteiger partial charge in [0.05, 0.1) is 22.5 Å². The molecule has 0 spiro atoms. The molecule has 4 aromatic rings. The van der Waals surface area contributed by atoms with Gasteiger partial charge >= 0.3 is 0 Å². The van der Waals surface area contributed by atoms with Crippen molar-refractivity contribution >= 4 is 39.2 Å². The summed E-state index contributed by atoms with van der Waals surface area (Å²) in [6.45, 7) is 0.502. The van der Waals surface area contributed by atoms with Crippen molar-refractivity contribution in [1.82, 2.24) is 25.1 Å². The quantitative estimate of drug-likeness (QED) is 0.502. The van der Waals surface area contributed by atoms with E-state index in [0.717, 1.165) is 20.8 Å². The van der Waals surface area contributed by atoms with Gasteiger partial charge < -0.3 is 4.90 Å². The largest absolute Gasteiger partial charge is 0.338 e. The Bertz CT molecular complexity index is 1030. The zero-order valence-electron chi connectivity index (χ0n) is 14.6. The van der Waals surface area contributed by atoms with E-state index in [0.29, 0.717) is 17.5 Å². The van der Waals surface area contributed by atoms with Crippen LogP contribution in [0.5, 0.6) is 0 Å². The molecule has 0 saturated carbocycles. The van der Waals surface area contributed by atoms with E-state index in [4.69, 9.17) is 0 Å². The summed E-state index contributed by atoms with van der Waals surface area (Å²) in [4.78, 5) is 23.1. The molecule has 0 bridgehead atoms. The topological polar surface area (TPSA) is 74.8 Å². The molecule has 0 aliphatic heterocycles. The summed E-state index contributed by atoms with van der Waals surface area (Å²) in [6.07, 6.45) is 0. The summed E-state index contributed by atoms with van der Waals surface area (Å²) in [6, 6.07) is 17.8. The molecule has 2 aromatic carbocycles. The zero-order valence-corrected chi connectivity index (χ0v) is 16.3. The first-order chi connectivity index (χ1) is 13.2. The molecular formula is C19H17N5OS2. The highest BCUT2D eigenvalue weighted by Gasteiger charge is 2.14. The number of H-pyrrole nitrogens is 1. The van der Waals surface area contributed by atoms with Crippen molar-refractivity contribution in [3.63, 3.8) is 0 Å². The predicted octanol–water partition coefficient (Wildman–Crippen LogP) is 3.83. The van der Waals surface area contributed by atoms with E-state index in [-0.39, 0.29) is 11.7 Å². The second-order valence-electron chi connectivity index (χ2n) is 5.95. The van der Waals surface area contributed by atoms with Crippen molar-refractivity contribution in [2.45, 2.75) is 11.7 Å². The van der Waals surface area contributed by atoms with Gasteiger partial charge in [0.25, 0.3) is 0 Å². The Morgan fingerprint density at radius 2 is 1.89 bits per heavy atom. The number of fused-ring (bicyclic) bond motifs is 1. The minimum absolute atomic E-state index is 0.0188. The van der Waals surface area contributed by atoms with Crippen LogP contribution in [0.2, 0.25) is 0 Å². The number of para-hydroxylation sites is 1. The van der Waals surface area contributed by atoms with E-state index in [9.17, 15) is 4.79 Å². The van der Waals surface area contributed by atoms with Gasteiger partial charge in [0, 0.05) is 12.6 Å². The van der Waals surface area contributed by atoms with E-state index in [1.165, 1.54) is 11.8 Å². The van der Waals surface area contributed by atoms with Crippen molar-refractivity contribution in [2.75, 3.05) is 12.8 Å². The van der Waals surface area contributed by atoms with Gasteiger partial charge in [0.1, 0.15) is 5.01 Å². The second kappa shape index (κ2) is 7.89. The van der Waals surface area contributed by atoms with Crippen LogP contribution in [0.15, 0.2) is 59.8 Å². The Labute approximate surface area is 164 Å². The average molecular weight is 396 g/mol. The predicted molar refractivity (Wildman–Crippen MR) is 109 cm³/mol. The number of hydrogen-bond donors (Lipinski definition) is 1. The van der Waals surface area contributed by atoms with E-state index in [1.807, 2.05) is 54.6 Å². The summed E-state index contributed by atoms with van der Waals surface area (Å²) < 4.78 is 1.14. The van der Waals surface area contributed by atoms with Crippen molar-refractivity contribution in [3.8, 4) is 11.4 Å². The van der Waals surface area contributed by atoms with Gasteiger partial charge in [-0.15, -0.1) is 16.4 Å². The highest BCUT2D eigenvalue weighted by molar-refractivity contribution is 7.99. The molecule has 6 nitrogen and oxygen atoms in total. The van der Waals surface area contributed by atoms with Crippen LogP contribution in [-0.4, -0.2) is 43.8 Å². The third kappa shape index (κ3) is 4.17. The molecule has 8 heteroatoms. The molecule has 136 valence electrons. The number of amides is 1. The molecular weight excluding hydrogens is 378 g/mol. The summed E-state index contributed by atoms with van der Waals surface area (Å²) in [5, 5.41) is 8.59. The molecule has 2 heterocycles. The number of aromatic amines is 1. The van der Waals surface area contributed by atoms with Crippen molar-refractivity contribution in [1.29, 1.82) is 0 Å². The summed E-state index contributed by atoms with van der Waals surface area (Å²) in [7, 11) is 1.79. The number of rotatable bonds is 6. The lowest BCUT2D eigenvalue weighted by atomic mass is 10.2. The summed E-state index contributed by atoms with van der Waals surface area (Å²) in [5.41, 5.74) is 1.94. The molecule has 1 N–H and O–H groups in total. The first kappa shape index (κ1) is 17.7.